The summed E-state index contributed by atoms with van der Waals surface area (Å²) in [6.07, 6.45) is 35.8. The van der Waals surface area contributed by atoms with Crippen LogP contribution in [-0.4, -0.2) is 47.6 Å². The molecule has 0 aliphatic heterocycles. The Morgan fingerprint density at radius 1 is 0.651 bits per heavy atom. The third-order valence-corrected chi connectivity index (χ3v) is 6.48. The quantitative estimate of drug-likeness (QED) is 0.0424. The van der Waals surface area contributed by atoms with Crippen LogP contribution in [-0.2, 0) is 19.1 Å². The molecular weight excluding hydrogens is 540 g/mol. The van der Waals surface area contributed by atoms with Gasteiger partial charge in [-0.25, -0.2) is 0 Å². The SMILES string of the molecule is CC/C=C\C/C=C\C/C=C\C/C=C\C=C/C(O)C/C=C\CCC(=O)OC[C@@H](O)COC(=O)CCCCCCCCC(C)C. The van der Waals surface area contributed by atoms with E-state index in [1.807, 2.05) is 30.4 Å². The van der Waals surface area contributed by atoms with Crippen molar-refractivity contribution in [1.82, 2.24) is 0 Å². The van der Waals surface area contributed by atoms with Gasteiger partial charge in [0.25, 0.3) is 0 Å². The summed E-state index contributed by atoms with van der Waals surface area (Å²) in [5, 5.41) is 20.0. The van der Waals surface area contributed by atoms with Gasteiger partial charge in [-0.1, -0.05) is 132 Å². The number of aliphatic hydroxyl groups excluding tert-OH is 2. The largest absolute Gasteiger partial charge is 0.463 e. The van der Waals surface area contributed by atoms with E-state index in [0.29, 0.717) is 19.3 Å². The first-order chi connectivity index (χ1) is 20.8. The third-order valence-electron chi connectivity index (χ3n) is 6.48. The van der Waals surface area contributed by atoms with Gasteiger partial charge in [0.2, 0.25) is 0 Å². The van der Waals surface area contributed by atoms with Crippen LogP contribution in [0.1, 0.15) is 117 Å². The van der Waals surface area contributed by atoms with E-state index in [4.69, 9.17) is 9.47 Å². The predicted molar refractivity (Wildman–Crippen MR) is 179 cm³/mol. The molecule has 6 nitrogen and oxygen atoms in total. The molecule has 43 heavy (non-hydrogen) atoms. The summed E-state index contributed by atoms with van der Waals surface area (Å²) < 4.78 is 10.2. The molecule has 0 aromatic rings. The van der Waals surface area contributed by atoms with Gasteiger partial charge >= 0.3 is 11.9 Å². The maximum Gasteiger partial charge on any atom is 0.306 e. The van der Waals surface area contributed by atoms with Gasteiger partial charge in [0.15, 0.2) is 0 Å². The Labute approximate surface area is 262 Å². The van der Waals surface area contributed by atoms with Crippen molar-refractivity contribution in [3.63, 3.8) is 0 Å². The molecule has 0 aromatic carbocycles. The summed E-state index contributed by atoms with van der Waals surface area (Å²) in [5.41, 5.74) is 0. The Bertz CT molecular complexity index is 849. The molecule has 0 aliphatic rings. The summed E-state index contributed by atoms with van der Waals surface area (Å²) in [7, 11) is 0. The van der Waals surface area contributed by atoms with Gasteiger partial charge in [-0.15, -0.1) is 0 Å². The van der Waals surface area contributed by atoms with Gasteiger partial charge in [0.1, 0.15) is 19.3 Å². The van der Waals surface area contributed by atoms with E-state index in [1.54, 1.807) is 6.08 Å². The van der Waals surface area contributed by atoms with Crippen LogP contribution in [0.5, 0.6) is 0 Å². The zero-order valence-corrected chi connectivity index (χ0v) is 27.2. The minimum Gasteiger partial charge on any atom is -0.463 e. The fourth-order valence-electron chi connectivity index (χ4n) is 3.97. The van der Waals surface area contributed by atoms with Gasteiger partial charge in [-0.05, 0) is 50.9 Å². The van der Waals surface area contributed by atoms with Crippen molar-refractivity contribution in [3.05, 3.63) is 72.9 Å². The van der Waals surface area contributed by atoms with Crippen molar-refractivity contribution in [3.8, 4) is 0 Å². The molecule has 0 heterocycles. The number of unbranched alkanes of at least 4 members (excludes halogenated alkanes) is 5. The molecule has 0 spiro atoms. The van der Waals surface area contributed by atoms with Crippen LogP contribution in [0.2, 0.25) is 0 Å². The van der Waals surface area contributed by atoms with Crippen LogP contribution in [0, 0.1) is 5.92 Å². The first-order valence-electron chi connectivity index (χ1n) is 16.5. The number of carbonyl (C=O) groups excluding carboxylic acids is 2. The second-order valence-corrected chi connectivity index (χ2v) is 11.2. The number of aliphatic hydroxyl groups is 2. The van der Waals surface area contributed by atoms with E-state index in [2.05, 4.69) is 57.2 Å². The zero-order valence-electron chi connectivity index (χ0n) is 27.2. The molecule has 0 aliphatic carbocycles. The van der Waals surface area contributed by atoms with E-state index in [0.717, 1.165) is 50.9 Å². The van der Waals surface area contributed by atoms with Crippen molar-refractivity contribution in [2.24, 2.45) is 5.92 Å². The second-order valence-electron chi connectivity index (χ2n) is 11.2. The van der Waals surface area contributed by atoms with Crippen LogP contribution in [0.25, 0.3) is 0 Å². The molecule has 0 saturated heterocycles. The molecule has 0 amide bonds. The number of hydrogen-bond acceptors (Lipinski definition) is 6. The first kappa shape index (κ1) is 40.3. The number of esters is 2. The Morgan fingerprint density at radius 3 is 1.84 bits per heavy atom. The maximum atomic E-state index is 11.9. The number of allylic oxidation sites excluding steroid dienone is 10. The molecule has 0 saturated carbocycles. The minimum atomic E-state index is -1.03. The standard InChI is InChI=1S/C37H60O6/c1-4-5-6-7-8-9-10-11-12-13-14-18-22-27-34(38)28-23-20-25-30-37(41)43-32-35(39)31-42-36(40)29-24-19-16-15-17-21-26-33(2)3/h5-6,8-9,11-12,14,18,20,22-23,27,33-35,38-39H,4,7,10,13,15-17,19,21,24-26,28-32H2,1-3H3/b6-5-,9-8-,12-11-,18-14-,23-20-,27-22-/t34?,35-/m0/s1. The van der Waals surface area contributed by atoms with Gasteiger partial charge in [-0.2, -0.15) is 0 Å². The first-order valence-corrected chi connectivity index (χ1v) is 16.5. The molecule has 0 fully saturated rings. The van der Waals surface area contributed by atoms with Crippen LogP contribution in [0.4, 0.5) is 0 Å². The summed E-state index contributed by atoms with van der Waals surface area (Å²) >= 11 is 0. The topological polar surface area (TPSA) is 93.1 Å². The zero-order chi connectivity index (χ0) is 31.8. The number of ether oxygens (including phenoxy) is 2. The summed E-state index contributed by atoms with van der Waals surface area (Å²) in [6.45, 7) is 6.25. The Hall–Kier alpha value is -2.70. The minimum absolute atomic E-state index is 0.173. The van der Waals surface area contributed by atoms with Gasteiger partial charge in [-0.3, -0.25) is 9.59 Å². The molecule has 244 valence electrons. The van der Waals surface area contributed by atoms with Crippen molar-refractivity contribution in [2.75, 3.05) is 13.2 Å². The molecule has 0 aromatic heterocycles. The summed E-state index contributed by atoms with van der Waals surface area (Å²) in [6, 6.07) is 0. The molecule has 0 rings (SSSR count). The summed E-state index contributed by atoms with van der Waals surface area (Å²) in [4.78, 5) is 23.7. The Balaban J connectivity index is 3.77. The smallest absolute Gasteiger partial charge is 0.306 e. The number of rotatable bonds is 27. The number of carbonyl (C=O) groups is 2. The van der Waals surface area contributed by atoms with Crippen LogP contribution >= 0.6 is 0 Å². The van der Waals surface area contributed by atoms with Gasteiger partial charge < -0.3 is 19.7 Å². The van der Waals surface area contributed by atoms with Gasteiger partial charge in [0, 0.05) is 12.8 Å². The van der Waals surface area contributed by atoms with Crippen molar-refractivity contribution in [1.29, 1.82) is 0 Å². The predicted octanol–water partition coefficient (Wildman–Crippen LogP) is 8.66. The lowest BCUT2D eigenvalue weighted by molar-refractivity contribution is -0.152. The van der Waals surface area contributed by atoms with Crippen LogP contribution in [0.15, 0.2) is 72.9 Å². The highest BCUT2D eigenvalue weighted by atomic mass is 16.6. The van der Waals surface area contributed by atoms with E-state index < -0.39 is 18.2 Å². The van der Waals surface area contributed by atoms with E-state index in [-0.39, 0.29) is 25.6 Å². The van der Waals surface area contributed by atoms with E-state index >= 15 is 0 Å². The monoisotopic (exact) mass is 600 g/mol. The molecule has 0 bridgehead atoms. The summed E-state index contributed by atoms with van der Waals surface area (Å²) in [5.74, 6) is 0.00650. The highest BCUT2D eigenvalue weighted by molar-refractivity contribution is 5.70. The molecule has 0 radical (unpaired) electrons. The lowest BCUT2D eigenvalue weighted by Crippen LogP contribution is -2.25. The maximum absolute atomic E-state index is 11.9. The van der Waals surface area contributed by atoms with Crippen molar-refractivity contribution >= 4 is 11.9 Å². The van der Waals surface area contributed by atoms with Gasteiger partial charge in [0.05, 0.1) is 6.10 Å². The second kappa shape index (κ2) is 30.7. The highest BCUT2D eigenvalue weighted by Gasteiger charge is 2.11. The fraction of sp³-hybridized carbons (Fsp3) is 0.622. The van der Waals surface area contributed by atoms with Crippen molar-refractivity contribution in [2.45, 2.75) is 129 Å². The normalized spacial score (nSPS) is 14.0. The van der Waals surface area contributed by atoms with Crippen molar-refractivity contribution < 1.29 is 29.3 Å². The average molecular weight is 601 g/mol. The molecule has 6 heteroatoms. The lowest BCUT2D eigenvalue weighted by Gasteiger charge is -2.12. The fourth-order valence-corrected chi connectivity index (χ4v) is 3.97. The van der Waals surface area contributed by atoms with E-state index in [1.165, 1.54) is 25.7 Å². The molecular formula is C37H60O6. The Kier molecular flexibility index (Phi) is 28.8. The third kappa shape index (κ3) is 32.1. The average Bonchev–Trinajstić information content (AvgIpc) is 2.98. The van der Waals surface area contributed by atoms with Crippen LogP contribution < -0.4 is 0 Å². The molecule has 2 N–H and O–H groups in total. The highest BCUT2D eigenvalue weighted by Crippen LogP contribution is 2.12. The number of hydrogen-bond donors (Lipinski definition) is 2. The molecule has 2 atom stereocenters. The van der Waals surface area contributed by atoms with E-state index in [9.17, 15) is 19.8 Å². The molecule has 1 unspecified atom stereocenters. The lowest BCUT2D eigenvalue weighted by atomic mass is 10.0. The van der Waals surface area contributed by atoms with Crippen LogP contribution in [0.3, 0.4) is 0 Å². The Morgan fingerprint density at radius 2 is 1.21 bits per heavy atom.